The summed E-state index contributed by atoms with van der Waals surface area (Å²) < 4.78 is 36.5. The van der Waals surface area contributed by atoms with E-state index in [0.29, 0.717) is 31.0 Å². The summed E-state index contributed by atoms with van der Waals surface area (Å²) in [5, 5.41) is 2.74. The number of anilines is 1. The van der Waals surface area contributed by atoms with E-state index in [-0.39, 0.29) is 18.2 Å². The van der Waals surface area contributed by atoms with Crippen molar-refractivity contribution in [3.05, 3.63) is 24.3 Å². The van der Waals surface area contributed by atoms with Crippen LogP contribution in [0.25, 0.3) is 0 Å². The maximum atomic E-state index is 12.3. The first-order valence-electron chi connectivity index (χ1n) is 7.52. The lowest BCUT2D eigenvalue weighted by atomic mass is 10.2. The molecular formula is C15H22N2O5S. The number of sulfonamides is 1. The normalized spacial score (nSPS) is 17.3. The molecule has 0 aliphatic carbocycles. The van der Waals surface area contributed by atoms with Crippen LogP contribution >= 0.6 is 0 Å². The van der Waals surface area contributed by atoms with E-state index in [0.717, 1.165) is 0 Å². The van der Waals surface area contributed by atoms with E-state index in [1.807, 2.05) is 0 Å². The highest BCUT2D eigenvalue weighted by Crippen LogP contribution is 2.34. The third kappa shape index (κ3) is 4.14. The van der Waals surface area contributed by atoms with E-state index < -0.39 is 16.1 Å². The van der Waals surface area contributed by atoms with Gasteiger partial charge in [0.15, 0.2) is 6.10 Å². The van der Waals surface area contributed by atoms with E-state index >= 15 is 0 Å². The molecule has 23 heavy (non-hydrogen) atoms. The van der Waals surface area contributed by atoms with Gasteiger partial charge >= 0.3 is 0 Å². The molecule has 1 aromatic rings. The maximum Gasteiger partial charge on any atom is 0.263 e. The Balaban J connectivity index is 2.15. The lowest BCUT2D eigenvalue weighted by Crippen LogP contribution is -2.51. The summed E-state index contributed by atoms with van der Waals surface area (Å²) in [7, 11) is -1.88. The Morgan fingerprint density at radius 2 is 2.17 bits per heavy atom. The Kier molecular flexibility index (Phi) is 5.84. The molecule has 1 aliphatic heterocycles. The van der Waals surface area contributed by atoms with Gasteiger partial charge < -0.3 is 14.8 Å². The van der Waals surface area contributed by atoms with Crippen LogP contribution in [0.4, 0.5) is 5.69 Å². The van der Waals surface area contributed by atoms with Crippen LogP contribution in [0.2, 0.25) is 0 Å². The van der Waals surface area contributed by atoms with Gasteiger partial charge in [-0.3, -0.25) is 9.10 Å². The zero-order valence-corrected chi connectivity index (χ0v) is 14.1. The number of nitrogens with zero attached hydrogens (tertiary/aromatic N) is 1. The summed E-state index contributed by atoms with van der Waals surface area (Å²) in [6, 6.07) is 6.83. The molecule has 7 nitrogen and oxygen atoms in total. The fraction of sp³-hybridized carbons (Fsp3) is 0.533. The molecule has 0 aromatic heterocycles. The largest absolute Gasteiger partial charge is 0.476 e. The number of amides is 1. The molecule has 2 rings (SSSR count). The second kappa shape index (κ2) is 7.65. The molecule has 1 N–H and O–H groups in total. The SMILES string of the molecule is CCS(=O)(=O)N1C[C@@H](C(=O)NCCCOC)Oc2ccccc21. The van der Waals surface area contributed by atoms with Crippen molar-refractivity contribution in [3.8, 4) is 5.75 Å². The molecule has 0 bridgehead atoms. The van der Waals surface area contributed by atoms with E-state index in [9.17, 15) is 13.2 Å². The Morgan fingerprint density at radius 1 is 1.43 bits per heavy atom. The number of carbonyl (C=O) groups excluding carboxylic acids is 1. The number of hydrogen-bond acceptors (Lipinski definition) is 5. The van der Waals surface area contributed by atoms with E-state index in [2.05, 4.69) is 5.32 Å². The van der Waals surface area contributed by atoms with Crippen molar-refractivity contribution in [2.24, 2.45) is 0 Å². The fourth-order valence-electron chi connectivity index (χ4n) is 2.30. The topological polar surface area (TPSA) is 84.9 Å². The summed E-state index contributed by atoms with van der Waals surface area (Å²) in [5.41, 5.74) is 0.470. The minimum Gasteiger partial charge on any atom is -0.476 e. The number of nitrogens with one attached hydrogen (secondary N) is 1. The molecule has 0 spiro atoms. The van der Waals surface area contributed by atoms with Gasteiger partial charge in [0.05, 0.1) is 18.0 Å². The number of carbonyl (C=O) groups is 1. The highest BCUT2D eigenvalue weighted by molar-refractivity contribution is 7.92. The zero-order valence-electron chi connectivity index (χ0n) is 13.3. The molecule has 1 heterocycles. The quantitative estimate of drug-likeness (QED) is 0.740. The van der Waals surface area contributed by atoms with Crippen molar-refractivity contribution in [1.29, 1.82) is 0 Å². The predicted molar refractivity (Wildman–Crippen MR) is 87.2 cm³/mol. The highest BCUT2D eigenvalue weighted by atomic mass is 32.2. The number of fused-ring (bicyclic) bond motifs is 1. The molecule has 1 aromatic carbocycles. The standard InChI is InChI=1S/C15H22N2O5S/c1-3-23(19,20)17-11-14(15(18)16-9-6-10-21-2)22-13-8-5-4-7-12(13)17/h4-5,7-8,14H,3,6,9-11H2,1-2H3,(H,16,18)/t14-/m0/s1. The van der Waals surface area contributed by atoms with Gasteiger partial charge in [-0.2, -0.15) is 0 Å². The monoisotopic (exact) mass is 342 g/mol. The molecule has 128 valence electrons. The maximum absolute atomic E-state index is 12.3. The summed E-state index contributed by atoms with van der Waals surface area (Å²) in [6.07, 6.45) is -0.184. The van der Waals surface area contributed by atoms with Crippen LogP contribution in [-0.2, 0) is 19.6 Å². The van der Waals surface area contributed by atoms with Crippen molar-refractivity contribution in [1.82, 2.24) is 5.32 Å². The molecule has 1 aliphatic rings. The molecule has 1 amide bonds. The van der Waals surface area contributed by atoms with Gasteiger partial charge in [-0.15, -0.1) is 0 Å². The second-order valence-corrected chi connectivity index (χ2v) is 7.33. The minimum atomic E-state index is -3.48. The summed E-state index contributed by atoms with van der Waals surface area (Å²) in [6.45, 7) is 2.55. The third-order valence-electron chi connectivity index (χ3n) is 3.55. The Hall–Kier alpha value is -1.80. The van der Waals surface area contributed by atoms with Crippen molar-refractivity contribution in [3.63, 3.8) is 0 Å². The lowest BCUT2D eigenvalue weighted by Gasteiger charge is -2.34. The Morgan fingerprint density at radius 3 is 2.87 bits per heavy atom. The van der Waals surface area contributed by atoms with Crippen molar-refractivity contribution in [2.45, 2.75) is 19.4 Å². The first-order chi connectivity index (χ1) is 11.0. The average molecular weight is 342 g/mol. The van der Waals surface area contributed by atoms with Gasteiger partial charge in [0, 0.05) is 20.3 Å². The van der Waals surface area contributed by atoms with Crippen LogP contribution in [0.15, 0.2) is 24.3 Å². The van der Waals surface area contributed by atoms with Gasteiger partial charge in [-0.05, 0) is 25.5 Å². The Labute approximate surface area is 136 Å². The minimum absolute atomic E-state index is 0.0245. The third-order valence-corrected chi connectivity index (χ3v) is 5.30. The van der Waals surface area contributed by atoms with Gasteiger partial charge in [0.25, 0.3) is 5.91 Å². The first kappa shape index (κ1) is 17.6. The van der Waals surface area contributed by atoms with Crippen LogP contribution < -0.4 is 14.4 Å². The molecule has 0 fully saturated rings. The van der Waals surface area contributed by atoms with E-state index in [1.54, 1.807) is 38.3 Å². The van der Waals surface area contributed by atoms with E-state index in [4.69, 9.17) is 9.47 Å². The average Bonchev–Trinajstić information content (AvgIpc) is 2.57. The number of ether oxygens (including phenoxy) is 2. The molecule has 0 saturated heterocycles. The summed E-state index contributed by atoms with van der Waals surface area (Å²) >= 11 is 0. The number of benzene rings is 1. The number of para-hydroxylation sites is 2. The van der Waals surface area contributed by atoms with Crippen LogP contribution in [0, 0.1) is 0 Å². The zero-order chi connectivity index (χ0) is 16.9. The number of methoxy groups -OCH3 is 1. The molecule has 0 unspecified atom stereocenters. The lowest BCUT2D eigenvalue weighted by molar-refractivity contribution is -0.127. The molecule has 0 saturated carbocycles. The van der Waals surface area contributed by atoms with Gasteiger partial charge in [-0.1, -0.05) is 12.1 Å². The predicted octanol–water partition coefficient (Wildman–Crippen LogP) is 0.756. The van der Waals surface area contributed by atoms with Crippen molar-refractivity contribution in [2.75, 3.05) is 36.9 Å². The second-order valence-electron chi connectivity index (χ2n) is 5.14. The highest BCUT2D eigenvalue weighted by Gasteiger charge is 2.35. The smallest absolute Gasteiger partial charge is 0.263 e. The van der Waals surface area contributed by atoms with Crippen LogP contribution in [0.1, 0.15) is 13.3 Å². The van der Waals surface area contributed by atoms with Gasteiger partial charge in [0.1, 0.15) is 5.75 Å². The molecule has 1 atom stereocenters. The fourth-order valence-corrected chi connectivity index (χ4v) is 3.42. The van der Waals surface area contributed by atoms with E-state index in [1.165, 1.54) is 4.31 Å². The van der Waals surface area contributed by atoms with Crippen LogP contribution in [0.5, 0.6) is 5.75 Å². The summed E-state index contributed by atoms with van der Waals surface area (Å²) in [5.74, 6) is 0.0310. The van der Waals surface area contributed by atoms with Crippen molar-refractivity contribution < 1.29 is 22.7 Å². The number of hydrogen-bond donors (Lipinski definition) is 1. The first-order valence-corrected chi connectivity index (χ1v) is 9.13. The number of rotatable bonds is 7. The summed E-state index contributed by atoms with van der Waals surface area (Å²) in [4.78, 5) is 12.2. The van der Waals surface area contributed by atoms with Gasteiger partial charge in [-0.25, -0.2) is 8.42 Å². The van der Waals surface area contributed by atoms with Crippen molar-refractivity contribution >= 4 is 21.6 Å². The van der Waals surface area contributed by atoms with Crippen LogP contribution in [-0.4, -0.2) is 53.0 Å². The molecular weight excluding hydrogens is 320 g/mol. The molecule has 8 heteroatoms. The molecule has 0 radical (unpaired) electrons. The Bertz CT molecular complexity index is 647. The van der Waals surface area contributed by atoms with Gasteiger partial charge in [0.2, 0.25) is 10.0 Å². The van der Waals surface area contributed by atoms with Crippen LogP contribution in [0.3, 0.4) is 0 Å².